The van der Waals surface area contributed by atoms with Crippen LogP contribution in [0.5, 0.6) is 5.75 Å². The van der Waals surface area contributed by atoms with Gasteiger partial charge in [-0.1, -0.05) is 0 Å². The maximum absolute atomic E-state index is 14.2. The van der Waals surface area contributed by atoms with Crippen molar-refractivity contribution in [2.75, 3.05) is 23.7 Å². The molecule has 1 aromatic heterocycles. The van der Waals surface area contributed by atoms with Crippen LogP contribution >= 0.6 is 0 Å². The van der Waals surface area contributed by atoms with Crippen LogP contribution in [-0.2, 0) is 0 Å². The first-order chi connectivity index (χ1) is 13.2. The van der Waals surface area contributed by atoms with Gasteiger partial charge in [0.1, 0.15) is 17.7 Å². The largest absolute Gasteiger partial charge is 0.484 e. The van der Waals surface area contributed by atoms with Gasteiger partial charge in [0.25, 0.3) is 5.92 Å². The predicted octanol–water partition coefficient (Wildman–Crippen LogP) is 3.39. The van der Waals surface area contributed by atoms with E-state index in [1.54, 1.807) is 0 Å². The zero-order valence-electron chi connectivity index (χ0n) is 15.3. The summed E-state index contributed by atoms with van der Waals surface area (Å²) in [5.74, 6) is -3.01. The van der Waals surface area contributed by atoms with Gasteiger partial charge in [-0.3, -0.25) is 5.41 Å². The minimum Gasteiger partial charge on any atom is -0.484 e. The highest BCUT2D eigenvalue weighted by atomic mass is 19.3. The van der Waals surface area contributed by atoms with Gasteiger partial charge in [0, 0.05) is 36.3 Å². The fourth-order valence-corrected chi connectivity index (χ4v) is 3.13. The van der Waals surface area contributed by atoms with Gasteiger partial charge in [-0.25, -0.2) is 23.1 Å². The Hall–Kier alpha value is -2.84. The molecule has 1 aliphatic carbocycles. The molecular formula is C19H20F3N5O. The molecule has 2 aromatic rings. The highest BCUT2D eigenvalue weighted by molar-refractivity contribution is 6.13. The second kappa shape index (κ2) is 6.35. The number of nitrogens with two attached hydrogens (primary N) is 1. The highest BCUT2D eigenvalue weighted by Crippen LogP contribution is 2.41. The molecule has 2 aliphatic rings. The number of nitrogens with zero attached hydrogens (tertiary/aromatic N) is 3. The molecule has 2 fully saturated rings. The second-order valence-electron chi connectivity index (χ2n) is 7.59. The lowest BCUT2D eigenvalue weighted by molar-refractivity contribution is 0.0256. The van der Waals surface area contributed by atoms with E-state index in [-0.39, 0.29) is 47.0 Å². The van der Waals surface area contributed by atoms with E-state index >= 15 is 0 Å². The quantitative estimate of drug-likeness (QED) is 0.603. The van der Waals surface area contributed by atoms with Crippen LogP contribution in [0.4, 0.5) is 24.7 Å². The van der Waals surface area contributed by atoms with Crippen molar-refractivity contribution >= 4 is 17.2 Å². The van der Waals surface area contributed by atoms with Crippen LogP contribution in [0.1, 0.15) is 37.4 Å². The predicted molar refractivity (Wildman–Crippen MR) is 98.8 cm³/mol. The van der Waals surface area contributed by atoms with E-state index in [1.807, 2.05) is 6.92 Å². The molecular weight excluding hydrogens is 371 g/mol. The Labute approximate surface area is 160 Å². The Morgan fingerprint density at radius 2 is 1.96 bits per heavy atom. The van der Waals surface area contributed by atoms with Crippen LogP contribution in [0.15, 0.2) is 24.5 Å². The van der Waals surface area contributed by atoms with Gasteiger partial charge >= 0.3 is 0 Å². The Morgan fingerprint density at radius 1 is 1.21 bits per heavy atom. The molecule has 1 saturated heterocycles. The van der Waals surface area contributed by atoms with Crippen LogP contribution in [-0.4, -0.2) is 40.3 Å². The average Bonchev–Trinajstić information content (AvgIpc) is 3.25. The molecule has 0 unspecified atom stereocenters. The number of alkyl halides is 2. The molecule has 0 spiro atoms. The van der Waals surface area contributed by atoms with Crippen LogP contribution < -0.4 is 15.4 Å². The van der Waals surface area contributed by atoms with Gasteiger partial charge in [-0.05, 0) is 25.8 Å². The standard InChI is InChI=1S/C19H20F3N5O/c1-18(2-3-18)28-15-6-11(13(23)7-12(15)20)17(24)14-8-16(26-10-25-14)27-5-4-19(21,22)9-27/h6-8,10,24H,2-5,9,23H2,1H3. The van der Waals surface area contributed by atoms with E-state index in [9.17, 15) is 13.2 Å². The molecule has 4 rings (SSSR count). The summed E-state index contributed by atoms with van der Waals surface area (Å²) in [5, 5.41) is 8.46. The van der Waals surface area contributed by atoms with Gasteiger partial charge in [0.05, 0.1) is 18.0 Å². The summed E-state index contributed by atoms with van der Waals surface area (Å²) in [6, 6.07) is 3.98. The molecule has 0 amide bonds. The van der Waals surface area contributed by atoms with E-state index in [4.69, 9.17) is 15.9 Å². The van der Waals surface area contributed by atoms with Gasteiger partial charge in [0.2, 0.25) is 0 Å². The number of hydrogen-bond donors (Lipinski definition) is 2. The van der Waals surface area contributed by atoms with Gasteiger partial charge in [-0.15, -0.1) is 0 Å². The second-order valence-corrected chi connectivity index (χ2v) is 7.59. The summed E-state index contributed by atoms with van der Waals surface area (Å²) in [6.45, 7) is 1.63. The van der Waals surface area contributed by atoms with E-state index in [0.717, 1.165) is 18.9 Å². The fraction of sp³-hybridized carbons (Fsp3) is 0.421. The zero-order valence-corrected chi connectivity index (χ0v) is 15.3. The SMILES string of the molecule is CC1(Oc2cc(C(=N)c3cc(N4CCC(F)(F)C4)ncn3)c(N)cc2F)CC1. The molecule has 1 aromatic carbocycles. The first-order valence-electron chi connectivity index (χ1n) is 8.98. The van der Waals surface area contributed by atoms with Crippen molar-refractivity contribution in [3.05, 3.63) is 41.6 Å². The monoisotopic (exact) mass is 391 g/mol. The van der Waals surface area contributed by atoms with Crippen LogP contribution in [0.3, 0.4) is 0 Å². The Bertz CT molecular complexity index is 945. The lowest BCUT2D eigenvalue weighted by atomic mass is 10.0. The first kappa shape index (κ1) is 18.5. The van der Waals surface area contributed by atoms with Gasteiger partial charge in [-0.2, -0.15) is 0 Å². The van der Waals surface area contributed by atoms with Crippen molar-refractivity contribution in [1.82, 2.24) is 9.97 Å². The maximum atomic E-state index is 14.2. The minimum atomic E-state index is -2.76. The number of nitrogens with one attached hydrogen (secondary N) is 1. The van der Waals surface area contributed by atoms with Crippen LogP contribution in [0.2, 0.25) is 0 Å². The van der Waals surface area contributed by atoms with Gasteiger partial charge in [0.15, 0.2) is 11.6 Å². The number of hydrogen-bond acceptors (Lipinski definition) is 6. The summed E-state index contributed by atoms with van der Waals surface area (Å²) in [6.07, 6.45) is 2.64. The number of ether oxygens (including phenoxy) is 1. The van der Waals surface area contributed by atoms with Gasteiger partial charge < -0.3 is 15.4 Å². The Balaban J connectivity index is 1.63. The molecule has 3 N–H and O–H groups in total. The third-order valence-electron chi connectivity index (χ3n) is 5.09. The molecule has 2 heterocycles. The number of rotatable bonds is 5. The molecule has 1 saturated carbocycles. The Kier molecular flexibility index (Phi) is 4.20. The minimum absolute atomic E-state index is 0.0300. The lowest BCUT2D eigenvalue weighted by Gasteiger charge is -2.18. The molecule has 0 bridgehead atoms. The number of halogens is 3. The van der Waals surface area contributed by atoms with Crippen LogP contribution in [0, 0.1) is 11.2 Å². The fourth-order valence-electron chi connectivity index (χ4n) is 3.13. The third kappa shape index (κ3) is 3.61. The summed E-state index contributed by atoms with van der Waals surface area (Å²) in [5.41, 5.74) is 6.01. The highest BCUT2D eigenvalue weighted by Gasteiger charge is 2.41. The molecule has 0 radical (unpaired) electrons. The van der Waals surface area contributed by atoms with Crippen LogP contribution in [0.25, 0.3) is 0 Å². The molecule has 6 nitrogen and oxygen atoms in total. The van der Waals surface area contributed by atoms with Crippen molar-refractivity contribution in [2.45, 2.75) is 37.7 Å². The molecule has 28 heavy (non-hydrogen) atoms. The van der Waals surface area contributed by atoms with E-state index in [0.29, 0.717) is 5.82 Å². The first-order valence-corrected chi connectivity index (χ1v) is 8.98. The van der Waals surface area contributed by atoms with Crippen molar-refractivity contribution in [3.8, 4) is 5.75 Å². The molecule has 9 heteroatoms. The lowest BCUT2D eigenvalue weighted by Crippen LogP contribution is -2.26. The number of aromatic nitrogens is 2. The molecule has 1 aliphatic heterocycles. The normalized spacial score (nSPS) is 19.5. The van der Waals surface area contributed by atoms with E-state index in [1.165, 1.54) is 23.4 Å². The molecule has 148 valence electrons. The zero-order chi connectivity index (χ0) is 20.1. The van der Waals surface area contributed by atoms with E-state index < -0.39 is 18.3 Å². The average molecular weight is 391 g/mol. The number of nitrogen functional groups attached to an aromatic ring is 1. The van der Waals surface area contributed by atoms with E-state index in [2.05, 4.69) is 9.97 Å². The maximum Gasteiger partial charge on any atom is 0.266 e. The Morgan fingerprint density at radius 3 is 2.61 bits per heavy atom. The summed E-state index contributed by atoms with van der Waals surface area (Å²) in [7, 11) is 0. The summed E-state index contributed by atoms with van der Waals surface area (Å²) >= 11 is 0. The molecule has 0 atom stereocenters. The van der Waals surface area contributed by atoms with Crippen molar-refractivity contribution in [3.63, 3.8) is 0 Å². The summed E-state index contributed by atoms with van der Waals surface area (Å²) < 4.78 is 46.9. The topological polar surface area (TPSA) is 88.1 Å². The summed E-state index contributed by atoms with van der Waals surface area (Å²) in [4.78, 5) is 9.56. The third-order valence-corrected chi connectivity index (χ3v) is 5.09. The number of benzene rings is 1. The van der Waals surface area contributed by atoms with Crippen molar-refractivity contribution in [1.29, 1.82) is 5.41 Å². The van der Waals surface area contributed by atoms with Crippen molar-refractivity contribution in [2.24, 2.45) is 0 Å². The smallest absolute Gasteiger partial charge is 0.266 e. The number of anilines is 2. The van der Waals surface area contributed by atoms with Crippen molar-refractivity contribution < 1.29 is 17.9 Å².